The van der Waals surface area contributed by atoms with Crippen molar-refractivity contribution in [3.8, 4) is 11.9 Å². The highest BCUT2D eigenvalue weighted by Gasteiger charge is 2.28. The third kappa shape index (κ3) is 4.00. The molecule has 2 aromatic carbocycles. The Hall–Kier alpha value is -3.01. The Morgan fingerprint density at radius 3 is 2.63 bits per heavy atom. The molecule has 0 unspecified atom stereocenters. The summed E-state index contributed by atoms with van der Waals surface area (Å²) in [5.41, 5.74) is 3.36. The summed E-state index contributed by atoms with van der Waals surface area (Å²) in [5.74, 6) is 0.243. The van der Waals surface area contributed by atoms with Gasteiger partial charge in [-0.05, 0) is 35.7 Å². The van der Waals surface area contributed by atoms with Gasteiger partial charge in [-0.3, -0.25) is 4.79 Å². The Labute approximate surface area is 183 Å². The minimum absolute atomic E-state index is 0.0603. The summed E-state index contributed by atoms with van der Waals surface area (Å²) in [7, 11) is 0. The van der Waals surface area contributed by atoms with Crippen LogP contribution in [0.15, 0.2) is 59.6 Å². The molecule has 4 rings (SSSR count). The van der Waals surface area contributed by atoms with Crippen molar-refractivity contribution < 1.29 is 9.90 Å². The maximum atomic E-state index is 12.9. The summed E-state index contributed by atoms with van der Waals surface area (Å²) in [4.78, 5) is 19.0. The third-order valence-electron chi connectivity index (χ3n) is 5.08. The molecule has 1 amide bonds. The van der Waals surface area contributed by atoms with Crippen LogP contribution in [0, 0.1) is 11.3 Å². The third-order valence-corrected chi connectivity index (χ3v) is 6.51. The largest absolute Gasteiger partial charge is 0.492 e. The van der Waals surface area contributed by atoms with E-state index in [2.05, 4.69) is 11.1 Å². The van der Waals surface area contributed by atoms with Crippen LogP contribution in [0.25, 0.3) is 0 Å². The molecule has 0 fully saturated rings. The van der Waals surface area contributed by atoms with Crippen molar-refractivity contribution >= 4 is 29.3 Å². The number of carbonyl (C=O) groups excluding carboxylic acids is 1. The summed E-state index contributed by atoms with van der Waals surface area (Å²) in [6.45, 7) is 0.823. The van der Waals surface area contributed by atoms with Crippen LogP contribution < -0.4 is 0 Å². The van der Waals surface area contributed by atoms with E-state index in [1.807, 2.05) is 42.5 Å². The number of nitrogens with zero attached hydrogens (tertiary/aromatic N) is 3. The number of amides is 1. The van der Waals surface area contributed by atoms with Crippen LogP contribution in [-0.4, -0.2) is 27.4 Å². The summed E-state index contributed by atoms with van der Waals surface area (Å²) in [5, 5.41) is 21.1. The number of fused-ring (bicyclic) bond motifs is 1. The Bertz CT molecular complexity index is 1150. The molecule has 0 spiro atoms. The van der Waals surface area contributed by atoms with Crippen molar-refractivity contribution in [2.45, 2.75) is 23.7 Å². The summed E-state index contributed by atoms with van der Waals surface area (Å²) < 4.78 is 0. The van der Waals surface area contributed by atoms with Crippen molar-refractivity contribution in [2.24, 2.45) is 0 Å². The molecule has 0 radical (unpaired) electrons. The van der Waals surface area contributed by atoms with Gasteiger partial charge in [-0.2, -0.15) is 5.26 Å². The predicted molar refractivity (Wildman–Crippen MR) is 117 cm³/mol. The first kappa shape index (κ1) is 20.3. The molecule has 30 heavy (non-hydrogen) atoms. The minimum Gasteiger partial charge on any atom is -0.492 e. The minimum atomic E-state index is -0.263. The van der Waals surface area contributed by atoms with Crippen molar-refractivity contribution in [1.29, 1.82) is 5.26 Å². The number of benzene rings is 2. The fourth-order valence-electron chi connectivity index (χ4n) is 3.53. The number of nitriles is 1. The monoisotopic (exact) mass is 435 g/mol. The Kier molecular flexibility index (Phi) is 5.93. The molecular formula is C23H18ClN3O2S. The first-order valence-electron chi connectivity index (χ1n) is 9.44. The van der Waals surface area contributed by atoms with Gasteiger partial charge in [0, 0.05) is 35.0 Å². The fourth-order valence-corrected chi connectivity index (χ4v) is 4.86. The molecule has 1 N–H and O–H groups in total. The molecule has 150 valence electrons. The van der Waals surface area contributed by atoms with E-state index in [9.17, 15) is 15.2 Å². The molecule has 0 saturated heterocycles. The van der Waals surface area contributed by atoms with E-state index in [0.717, 1.165) is 16.7 Å². The molecule has 0 saturated carbocycles. The Balaban J connectivity index is 1.66. The second-order valence-corrected chi connectivity index (χ2v) is 8.28. The van der Waals surface area contributed by atoms with E-state index in [0.29, 0.717) is 40.9 Å². The highest BCUT2D eigenvalue weighted by Crippen LogP contribution is 2.36. The molecule has 1 aromatic heterocycles. The molecule has 7 heteroatoms. The van der Waals surface area contributed by atoms with Crippen LogP contribution in [0.4, 0.5) is 0 Å². The van der Waals surface area contributed by atoms with Crippen LogP contribution >= 0.6 is 23.4 Å². The standard InChI is InChI=1S/C23H18ClN3O2S/c24-20-9-5-4-8-16(20)14-30-22-19-13-27(23(29)15-6-2-1-3-7-15)11-10-17(19)18(12-25)21(28)26-22/h1-9H,10-11,13-14H2,(H,26,28). The van der Waals surface area contributed by atoms with Gasteiger partial charge in [-0.15, -0.1) is 11.8 Å². The number of aromatic hydroxyl groups is 1. The zero-order chi connectivity index (χ0) is 21.1. The smallest absolute Gasteiger partial charge is 0.254 e. The number of thioether (sulfide) groups is 1. The van der Waals surface area contributed by atoms with E-state index in [1.54, 1.807) is 17.0 Å². The molecule has 1 aliphatic heterocycles. The highest BCUT2D eigenvalue weighted by molar-refractivity contribution is 7.98. The normalized spacial score (nSPS) is 12.9. The van der Waals surface area contributed by atoms with Crippen molar-refractivity contribution in [3.05, 3.63) is 87.4 Å². The predicted octanol–water partition coefficient (Wildman–Crippen LogP) is 4.80. The summed E-state index contributed by atoms with van der Waals surface area (Å²) in [6, 6.07) is 18.8. The fraction of sp³-hybridized carbons (Fsp3) is 0.174. The van der Waals surface area contributed by atoms with Gasteiger partial charge in [0.05, 0.1) is 0 Å². The van der Waals surface area contributed by atoms with E-state index in [4.69, 9.17) is 11.6 Å². The average Bonchev–Trinajstić information content (AvgIpc) is 2.78. The van der Waals surface area contributed by atoms with Crippen LogP contribution in [0.3, 0.4) is 0 Å². The van der Waals surface area contributed by atoms with Gasteiger partial charge in [0.1, 0.15) is 16.7 Å². The SMILES string of the molecule is N#Cc1c(O)nc(SCc2ccccc2Cl)c2c1CCN(C(=O)c1ccccc1)C2. The lowest BCUT2D eigenvalue weighted by atomic mass is 9.96. The van der Waals surface area contributed by atoms with E-state index in [-0.39, 0.29) is 17.4 Å². The summed E-state index contributed by atoms with van der Waals surface area (Å²) in [6.07, 6.45) is 0.493. The molecule has 0 aliphatic carbocycles. The molecule has 0 atom stereocenters. The molecule has 3 aromatic rings. The first-order chi connectivity index (χ1) is 14.6. The van der Waals surface area contributed by atoms with Gasteiger partial charge in [0.2, 0.25) is 5.88 Å². The zero-order valence-electron chi connectivity index (χ0n) is 16.0. The maximum Gasteiger partial charge on any atom is 0.254 e. The van der Waals surface area contributed by atoms with Crippen LogP contribution in [-0.2, 0) is 18.7 Å². The topological polar surface area (TPSA) is 77.2 Å². The van der Waals surface area contributed by atoms with Crippen molar-refractivity contribution in [1.82, 2.24) is 9.88 Å². The average molecular weight is 436 g/mol. The molecule has 1 aliphatic rings. The van der Waals surface area contributed by atoms with Gasteiger partial charge in [-0.25, -0.2) is 4.98 Å². The molecule has 5 nitrogen and oxygen atoms in total. The maximum absolute atomic E-state index is 12.9. The lowest BCUT2D eigenvalue weighted by molar-refractivity contribution is 0.0732. The van der Waals surface area contributed by atoms with Crippen LogP contribution in [0.1, 0.15) is 32.6 Å². The van der Waals surface area contributed by atoms with Gasteiger partial charge < -0.3 is 10.0 Å². The number of hydrogen-bond donors (Lipinski definition) is 1. The lowest BCUT2D eigenvalue weighted by Gasteiger charge is -2.30. The molecule has 2 heterocycles. The number of pyridine rings is 1. The highest BCUT2D eigenvalue weighted by atomic mass is 35.5. The number of aromatic nitrogens is 1. The van der Waals surface area contributed by atoms with Crippen molar-refractivity contribution in [2.75, 3.05) is 6.54 Å². The quantitative estimate of drug-likeness (QED) is 0.595. The van der Waals surface area contributed by atoms with Crippen molar-refractivity contribution in [3.63, 3.8) is 0 Å². The molecular weight excluding hydrogens is 418 g/mol. The zero-order valence-corrected chi connectivity index (χ0v) is 17.6. The molecule has 0 bridgehead atoms. The first-order valence-corrected chi connectivity index (χ1v) is 10.8. The van der Waals surface area contributed by atoms with Gasteiger partial charge in [-0.1, -0.05) is 48.0 Å². The second kappa shape index (κ2) is 8.78. The van der Waals surface area contributed by atoms with Gasteiger partial charge in [0.15, 0.2) is 0 Å². The number of rotatable bonds is 4. The number of hydrogen-bond acceptors (Lipinski definition) is 5. The Morgan fingerprint density at radius 2 is 1.90 bits per heavy atom. The number of carbonyl (C=O) groups is 1. The van der Waals surface area contributed by atoms with Gasteiger partial charge >= 0.3 is 0 Å². The second-order valence-electron chi connectivity index (χ2n) is 6.91. The summed E-state index contributed by atoms with van der Waals surface area (Å²) >= 11 is 7.71. The van der Waals surface area contributed by atoms with E-state index < -0.39 is 0 Å². The van der Waals surface area contributed by atoms with Crippen LogP contribution in [0.5, 0.6) is 5.88 Å². The van der Waals surface area contributed by atoms with Crippen LogP contribution in [0.2, 0.25) is 5.02 Å². The lowest BCUT2D eigenvalue weighted by Crippen LogP contribution is -2.36. The van der Waals surface area contributed by atoms with E-state index >= 15 is 0 Å². The van der Waals surface area contributed by atoms with Gasteiger partial charge in [0.25, 0.3) is 5.91 Å². The number of halogens is 1. The van der Waals surface area contributed by atoms with E-state index in [1.165, 1.54) is 11.8 Å². The Morgan fingerprint density at radius 1 is 1.17 bits per heavy atom.